The molecule has 3 aliphatic rings. The molecule has 2 fully saturated rings. The number of amides is 2. The Morgan fingerprint density at radius 3 is 2.62 bits per heavy atom. The Hall–Kier alpha value is -1.92. The maximum Gasteiger partial charge on any atom is 0.248 e. The van der Waals surface area contributed by atoms with Crippen LogP contribution in [-0.2, 0) is 27.3 Å². The van der Waals surface area contributed by atoms with Gasteiger partial charge in [-0.25, -0.2) is 5.06 Å². The highest BCUT2D eigenvalue weighted by atomic mass is 16.7. The number of nitrogens with zero attached hydrogens (tertiary/aromatic N) is 2. The Morgan fingerprint density at radius 1 is 1.21 bits per heavy atom. The standard InChI is InChI=1S/C18H23N3O3/c22-17(21-7-3-9-24-21)12-16-18(23)19-6-8-20(16)15-10-13-4-1-2-5-14(13)11-15/h1-2,4-5,15-16H,3,6-12H2,(H,19,23). The van der Waals surface area contributed by atoms with Gasteiger partial charge in [-0.1, -0.05) is 24.3 Å². The summed E-state index contributed by atoms with van der Waals surface area (Å²) in [6, 6.07) is 8.36. The van der Waals surface area contributed by atoms with Crippen molar-refractivity contribution < 1.29 is 14.4 Å². The second kappa shape index (κ2) is 6.53. The zero-order chi connectivity index (χ0) is 16.5. The van der Waals surface area contributed by atoms with E-state index in [1.165, 1.54) is 16.2 Å². The summed E-state index contributed by atoms with van der Waals surface area (Å²) in [6.45, 7) is 2.66. The predicted molar refractivity (Wildman–Crippen MR) is 88.0 cm³/mol. The van der Waals surface area contributed by atoms with Crippen molar-refractivity contribution in [3.63, 3.8) is 0 Å². The van der Waals surface area contributed by atoms with Crippen molar-refractivity contribution in [3.8, 4) is 0 Å². The first-order valence-electron chi connectivity index (χ1n) is 8.76. The third-order valence-corrected chi connectivity index (χ3v) is 5.27. The lowest BCUT2D eigenvalue weighted by Gasteiger charge is -2.39. The van der Waals surface area contributed by atoms with E-state index >= 15 is 0 Å². The maximum absolute atomic E-state index is 12.4. The van der Waals surface area contributed by atoms with E-state index in [1.54, 1.807) is 0 Å². The van der Waals surface area contributed by atoms with Gasteiger partial charge in [-0.15, -0.1) is 0 Å². The van der Waals surface area contributed by atoms with Crippen LogP contribution in [0.25, 0.3) is 0 Å². The smallest absolute Gasteiger partial charge is 0.248 e. The van der Waals surface area contributed by atoms with Crippen LogP contribution in [0.5, 0.6) is 0 Å². The first kappa shape index (κ1) is 15.6. The normalized spacial score (nSPS) is 24.9. The molecule has 2 amide bonds. The highest BCUT2D eigenvalue weighted by molar-refractivity contribution is 5.88. The molecular weight excluding hydrogens is 306 g/mol. The summed E-state index contributed by atoms with van der Waals surface area (Å²) in [4.78, 5) is 32.4. The number of piperazine rings is 1. The van der Waals surface area contributed by atoms with Gasteiger partial charge in [-0.2, -0.15) is 0 Å². The molecule has 1 atom stereocenters. The number of hydroxylamine groups is 2. The molecule has 6 heteroatoms. The number of nitrogens with one attached hydrogen (secondary N) is 1. The van der Waals surface area contributed by atoms with Gasteiger partial charge in [0.15, 0.2) is 0 Å². The molecule has 0 spiro atoms. The van der Waals surface area contributed by atoms with Gasteiger partial charge in [0.2, 0.25) is 11.8 Å². The van der Waals surface area contributed by atoms with Crippen molar-refractivity contribution >= 4 is 11.8 Å². The summed E-state index contributed by atoms with van der Waals surface area (Å²) in [5.41, 5.74) is 2.72. The van der Waals surface area contributed by atoms with Crippen molar-refractivity contribution in [1.82, 2.24) is 15.3 Å². The average Bonchev–Trinajstić information content (AvgIpc) is 3.25. The van der Waals surface area contributed by atoms with Crippen LogP contribution in [0.4, 0.5) is 0 Å². The summed E-state index contributed by atoms with van der Waals surface area (Å²) in [5, 5.41) is 4.33. The van der Waals surface area contributed by atoms with E-state index in [-0.39, 0.29) is 18.2 Å². The predicted octanol–water partition coefficient (Wildman–Crippen LogP) is 0.508. The summed E-state index contributed by atoms with van der Waals surface area (Å²) < 4.78 is 0. The number of carbonyl (C=O) groups excluding carboxylic acids is 2. The van der Waals surface area contributed by atoms with E-state index in [0.29, 0.717) is 25.7 Å². The van der Waals surface area contributed by atoms with Crippen LogP contribution >= 0.6 is 0 Å². The molecule has 0 aromatic heterocycles. The molecule has 1 unspecified atom stereocenters. The quantitative estimate of drug-likeness (QED) is 0.878. The van der Waals surface area contributed by atoms with E-state index in [1.807, 2.05) is 0 Å². The highest BCUT2D eigenvalue weighted by Gasteiger charge is 2.39. The summed E-state index contributed by atoms with van der Waals surface area (Å²) >= 11 is 0. The molecule has 4 rings (SSSR count). The molecule has 2 saturated heterocycles. The minimum atomic E-state index is -0.394. The number of carbonyl (C=O) groups is 2. The summed E-state index contributed by atoms with van der Waals surface area (Å²) in [7, 11) is 0. The topological polar surface area (TPSA) is 61.9 Å². The Labute approximate surface area is 141 Å². The van der Waals surface area contributed by atoms with Crippen LogP contribution in [0.15, 0.2) is 24.3 Å². The highest BCUT2D eigenvalue weighted by Crippen LogP contribution is 2.28. The SMILES string of the molecule is O=C1NCCN(C2Cc3ccccc3C2)C1CC(=O)N1CCCO1. The zero-order valence-corrected chi connectivity index (χ0v) is 13.7. The molecular formula is C18H23N3O3. The zero-order valence-electron chi connectivity index (χ0n) is 13.7. The molecule has 1 N–H and O–H groups in total. The fourth-order valence-corrected chi connectivity index (χ4v) is 4.06. The van der Waals surface area contributed by atoms with Crippen molar-refractivity contribution in [2.45, 2.75) is 37.8 Å². The van der Waals surface area contributed by atoms with E-state index in [0.717, 1.165) is 25.8 Å². The molecule has 1 aliphatic carbocycles. The monoisotopic (exact) mass is 329 g/mol. The third-order valence-electron chi connectivity index (χ3n) is 5.27. The minimum Gasteiger partial charge on any atom is -0.353 e. The Kier molecular flexibility index (Phi) is 4.24. The number of hydrogen-bond donors (Lipinski definition) is 1. The van der Waals surface area contributed by atoms with Gasteiger partial charge in [0.25, 0.3) is 0 Å². The number of fused-ring (bicyclic) bond motifs is 1. The Balaban J connectivity index is 1.48. The molecule has 128 valence electrons. The van der Waals surface area contributed by atoms with Crippen molar-refractivity contribution in [2.75, 3.05) is 26.2 Å². The van der Waals surface area contributed by atoms with E-state index in [2.05, 4.69) is 34.5 Å². The first-order valence-corrected chi connectivity index (χ1v) is 8.76. The lowest BCUT2D eigenvalue weighted by Crippen LogP contribution is -2.59. The van der Waals surface area contributed by atoms with Crippen LogP contribution in [-0.4, -0.2) is 60.1 Å². The maximum atomic E-state index is 12.4. The Bertz CT molecular complexity index is 617. The van der Waals surface area contributed by atoms with Crippen LogP contribution in [0.2, 0.25) is 0 Å². The third kappa shape index (κ3) is 2.91. The lowest BCUT2D eigenvalue weighted by atomic mass is 10.0. The molecule has 24 heavy (non-hydrogen) atoms. The van der Waals surface area contributed by atoms with Gasteiger partial charge < -0.3 is 5.32 Å². The van der Waals surface area contributed by atoms with Gasteiger partial charge in [0.05, 0.1) is 25.6 Å². The number of rotatable bonds is 3. The van der Waals surface area contributed by atoms with Crippen LogP contribution in [0.3, 0.4) is 0 Å². The van der Waals surface area contributed by atoms with E-state index in [4.69, 9.17) is 4.84 Å². The van der Waals surface area contributed by atoms with Gasteiger partial charge in [0.1, 0.15) is 0 Å². The van der Waals surface area contributed by atoms with Crippen molar-refractivity contribution in [2.24, 2.45) is 0 Å². The largest absolute Gasteiger partial charge is 0.353 e. The second-order valence-corrected chi connectivity index (χ2v) is 6.76. The van der Waals surface area contributed by atoms with Gasteiger partial charge in [-0.3, -0.25) is 19.3 Å². The number of benzene rings is 1. The van der Waals surface area contributed by atoms with Crippen LogP contribution in [0.1, 0.15) is 24.0 Å². The van der Waals surface area contributed by atoms with E-state index in [9.17, 15) is 9.59 Å². The van der Waals surface area contributed by atoms with Crippen molar-refractivity contribution in [3.05, 3.63) is 35.4 Å². The van der Waals surface area contributed by atoms with E-state index < -0.39 is 6.04 Å². The van der Waals surface area contributed by atoms with Crippen molar-refractivity contribution in [1.29, 1.82) is 0 Å². The van der Waals surface area contributed by atoms with Crippen LogP contribution < -0.4 is 5.32 Å². The van der Waals surface area contributed by atoms with Gasteiger partial charge >= 0.3 is 0 Å². The Morgan fingerprint density at radius 2 is 1.96 bits per heavy atom. The van der Waals surface area contributed by atoms with Gasteiger partial charge in [0, 0.05) is 19.1 Å². The first-order chi connectivity index (χ1) is 11.7. The fraction of sp³-hybridized carbons (Fsp3) is 0.556. The molecule has 1 aromatic rings. The van der Waals surface area contributed by atoms with Crippen LogP contribution in [0, 0.1) is 0 Å². The molecule has 2 heterocycles. The summed E-state index contributed by atoms with van der Waals surface area (Å²) in [5.74, 6) is -0.125. The fourth-order valence-electron chi connectivity index (χ4n) is 4.06. The molecule has 0 saturated carbocycles. The number of hydrogen-bond acceptors (Lipinski definition) is 4. The molecule has 0 bridgehead atoms. The van der Waals surface area contributed by atoms with Gasteiger partial charge in [-0.05, 0) is 30.4 Å². The summed E-state index contributed by atoms with van der Waals surface area (Å²) in [6.07, 6.45) is 2.96. The molecule has 0 radical (unpaired) electrons. The minimum absolute atomic E-state index is 0.0373. The molecule has 2 aliphatic heterocycles. The second-order valence-electron chi connectivity index (χ2n) is 6.76. The lowest BCUT2D eigenvalue weighted by molar-refractivity contribution is -0.171. The molecule has 6 nitrogen and oxygen atoms in total. The molecule has 1 aromatic carbocycles. The average molecular weight is 329 g/mol.